The van der Waals surface area contributed by atoms with E-state index in [9.17, 15) is 10.2 Å². The zero-order valence-corrected chi connectivity index (χ0v) is 11.7. The molecule has 1 aliphatic rings. The lowest BCUT2D eigenvalue weighted by molar-refractivity contribution is -0.0158. The van der Waals surface area contributed by atoms with E-state index in [1.54, 1.807) is 12.1 Å². The molecule has 1 fully saturated rings. The molecule has 1 aliphatic heterocycles. The molecular formula is C11H9Cl3N2O3. The summed E-state index contributed by atoms with van der Waals surface area (Å²) in [7, 11) is 0. The molecule has 8 heteroatoms. The molecule has 102 valence electrons. The minimum absolute atomic E-state index is 0.0309. The summed E-state index contributed by atoms with van der Waals surface area (Å²) >= 11 is 17.9. The number of nitrogens with zero attached hydrogens (tertiary/aromatic N) is 2. The molecule has 0 saturated carbocycles. The second kappa shape index (κ2) is 4.77. The van der Waals surface area contributed by atoms with Crippen LogP contribution in [0.5, 0.6) is 0 Å². The van der Waals surface area contributed by atoms with Gasteiger partial charge in [-0.05, 0) is 23.7 Å². The molecule has 0 amide bonds. The highest BCUT2D eigenvalue weighted by molar-refractivity contribution is 6.42. The Bertz CT molecular complexity index is 646. The van der Waals surface area contributed by atoms with E-state index in [4.69, 9.17) is 39.5 Å². The first-order chi connectivity index (χ1) is 8.99. The molecule has 0 aliphatic carbocycles. The van der Waals surface area contributed by atoms with Crippen LogP contribution in [0.1, 0.15) is 6.23 Å². The van der Waals surface area contributed by atoms with E-state index in [2.05, 4.69) is 4.98 Å². The second-order valence-electron chi connectivity index (χ2n) is 4.29. The molecule has 2 aromatic rings. The molecule has 3 rings (SSSR count). The van der Waals surface area contributed by atoms with Gasteiger partial charge in [-0.2, -0.15) is 0 Å². The standard InChI is InChI=1S/C11H9Cl3N2O3/c12-4-1-6-7(2-5(4)13)16(11(14)15-6)10-9(18)8(17)3-19-10/h1-2,8-10,17-18H,3H2/t8-,9-,10?/m0/s1. The summed E-state index contributed by atoms with van der Waals surface area (Å²) in [6.07, 6.45) is -2.84. The minimum atomic E-state index is -1.08. The number of hydrogen-bond donors (Lipinski definition) is 2. The van der Waals surface area contributed by atoms with Crippen molar-refractivity contribution in [3.8, 4) is 0 Å². The number of benzene rings is 1. The van der Waals surface area contributed by atoms with Crippen molar-refractivity contribution in [2.24, 2.45) is 0 Å². The summed E-state index contributed by atoms with van der Waals surface area (Å²) in [5, 5.41) is 20.3. The number of hydrogen-bond acceptors (Lipinski definition) is 4. The third-order valence-electron chi connectivity index (χ3n) is 3.07. The van der Waals surface area contributed by atoms with Gasteiger partial charge in [0.1, 0.15) is 12.2 Å². The van der Waals surface area contributed by atoms with Crippen LogP contribution < -0.4 is 0 Å². The molecule has 3 atom stereocenters. The molecule has 0 spiro atoms. The fraction of sp³-hybridized carbons (Fsp3) is 0.364. The van der Waals surface area contributed by atoms with Crippen molar-refractivity contribution >= 4 is 45.8 Å². The van der Waals surface area contributed by atoms with E-state index in [0.717, 1.165) is 0 Å². The quantitative estimate of drug-likeness (QED) is 0.844. The van der Waals surface area contributed by atoms with Crippen molar-refractivity contribution in [2.45, 2.75) is 18.4 Å². The molecule has 2 N–H and O–H groups in total. The van der Waals surface area contributed by atoms with Crippen molar-refractivity contribution < 1.29 is 14.9 Å². The van der Waals surface area contributed by atoms with Crippen LogP contribution in [0.3, 0.4) is 0 Å². The number of aliphatic hydroxyl groups excluding tert-OH is 2. The van der Waals surface area contributed by atoms with E-state index in [1.807, 2.05) is 0 Å². The average Bonchev–Trinajstić information content (AvgIpc) is 2.82. The third-order valence-corrected chi connectivity index (χ3v) is 4.06. The third kappa shape index (κ3) is 2.11. The average molecular weight is 324 g/mol. The Hall–Kier alpha value is -0.560. The molecule has 1 aromatic heterocycles. The van der Waals surface area contributed by atoms with Gasteiger partial charge in [0, 0.05) is 0 Å². The maximum absolute atomic E-state index is 9.90. The van der Waals surface area contributed by atoms with Crippen LogP contribution in [0.15, 0.2) is 12.1 Å². The van der Waals surface area contributed by atoms with Crippen LogP contribution in [0.25, 0.3) is 11.0 Å². The highest BCUT2D eigenvalue weighted by Crippen LogP contribution is 2.35. The highest BCUT2D eigenvalue weighted by Gasteiger charge is 2.37. The van der Waals surface area contributed by atoms with E-state index < -0.39 is 18.4 Å². The molecule has 1 aromatic carbocycles. The molecule has 1 saturated heterocycles. The first-order valence-corrected chi connectivity index (χ1v) is 6.62. The summed E-state index contributed by atoms with van der Waals surface area (Å²) in [5.74, 6) is 0. The van der Waals surface area contributed by atoms with Crippen LogP contribution in [0.2, 0.25) is 15.3 Å². The predicted octanol–water partition coefficient (Wildman–Crippen LogP) is 2.25. The normalized spacial score (nSPS) is 27.3. The van der Waals surface area contributed by atoms with Gasteiger partial charge in [-0.1, -0.05) is 23.2 Å². The summed E-state index contributed by atoms with van der Waals surface area (Å²) in [4.78, 5) is 4.13. The van der Waals surface area contributed by atoms with Crippen molar-refractivity contribution in [3.63, 3.8) is 0 Å². The van der Waals surface area contributed by atoms with Gasteiger partial charge in [-0.25, -0.2) is 4.98 Å². The summed E-state index contributed by atoms with van der Waals surface area (Å²) in [6.45, 7) is 0.0309. The lowest BCUT2D eigenvalue weighted by atomic mass is 10.2. The van der Waals surface area contributed by atoms with Gasteiger partial charge < -0.3 is 14.9 Å². The Balaban J connectivity index is 2.18. The van der Waals surface area contributed by atoms with Crippen molar-refractivity contribution in [1.29, 1.82) is 0 Å². The number of aliphatic hydroxyl groups is 2. The van der Waals surface area contributed by atoms with Gasteiger partial charge in [0.15, 0.2) is 6.23 Å². The monoisotopic (exact) mass is 322 g/mol. The minimum Gasteiger partial charge on any atom is -0.388 e. The van der Waals surface area contributed by atoms with Gasteiger partial charge in [0.05, 0.1) is 27.7 Å². The number of aromatic nitrogens is 2. The Morgan fingerprint density at radius 2 is 1.89 bits per heavy atom. The van der Waals surface area contributed by atoms with Crippen molar-refractivity contribution in [1.82, 2.24) is 9.55 Å². The molecule has 0 radical (unpaired) electrons. The number of fused-ring (bicyclic) bond motifs is 1. The van der Waals surface area contributed by atoms with Crippen LogP contribution in [0, 0.1) is 0 Å². The van der Waals surface area contributed by atoms with E-state index in [-0.39, 0.29) is 11.9 Å². The molecule has 1 unspecified atom stereocenters. The van der Waals surface area contributed by atoms with Crippen LogP contribution in [0.4, 0.5) is 0 Å². The maximum atomic E-state index is 9.90. The van der Waals surface area contributed by atoms with Crippen molar-refractivity contribution in [2.75, 3.05) is 6.61 Å². The molecular weight excluding hydrogens is 314 g/mol. The first kappa shape index (κ1) is 13.4. The van der Waals surface area contributed by atoms with E-state index >= 15 is 0 Å². The van der Waals surface area contributed by atoms with Gasteiger partial charge in [0.25, 0.3) is 0 Å². The Kier molecular flexibility index (Phi) is 3.37. The maximum Gasteiger partial charge on any atom is 0.206 e. The fourth-order valence-electron chi connectivity index (χ4n) is 2.11. The van der Waals surface area contributed by atoms with Crippen molar-refractivity contribution in [3.05, 3.63) is 27.5 Å². The number of imidazole rings is 1. The highest BCUT2D eigenvalue weighted by atomic mass is 35.5. The van der Waals surface area contributed by atoms with E-state index in [1.165, 1.54) is 4.57 Å². The Labute approximate surface area is 123 Å². The van der Waals surface area contributed by atoms with Gasteiger partial charge >= 0.3 is 0 Å². The first-order valence-electron chi connectivity index (χ1n) is 5.49. The van der Waals surface area contributed by atoms with E-state index in [0.29, 0.717) is 21.1 Å². The molecule has 2 heterocycles. The van der Waals surface area contributed by atoms with Crippen LogP contribution >= 0.6 is 34.8 Å². The summed E-state index contributed by atoms with van der Waals surface area (Å²) in [5.41, 5.74) is 1.12. The second-order valence-corrected chi connectivity index (χ2v) is 5.44. The topological polar surface area (TPSA) is 67.5 Å². The number of ether oxygens (including phenoxy) is 1. The lowest BCUT2D eigenvalue weighted by Gasteiger charge is -2.18. The van der Waals surface area contributed by atoms with Gasteiger partial charge in [0.2, 0.25) is 5.28 Å². The largest absolute Gasteiger partial charge is 0.388 e. The van der Waals surface area contributed by atoms with Crippen LogP contribution in [-0.2, 0) is 4.74 Å². The smallest absolute Gasteiger partial charge is 0.206 e. The van der Waals surface area contributed by atoms with Crippen LogP contribution in [-0.4, -0.2) is 38.6 Å². The fourth-order valence-corrected chi connectivity index (χ4v) is 2.71. The predicted molar refractivity (Wildman–Crippen MR) is 71.8 cm³/mol. The number of rotatable bonds is 1. The zero-order chi connectivity index (χ0) is 13.7. The number of halogens is 3. The molecule has 5 nitrogen and oxygen atoms in total. The molecule has 19 heavy (non-hydrogen) atoms. The summed E-state index contributed by atoms with van der Waals surface area (Å²) < 4.78 is 6.83. The SMILES string of the molecule is O[C@@H]1C(n2c(Cl)nc3cc(Cl)c(Cl)cc32)OC[C@@H]1O. The Morgan fingerprint density at radius 3 is 2.53 bits per heavy atom. The summed E-state index contributed by atoms with van der Waals surface area (Å²) in [6, 6.07) is 3.18. The lowest BCUT2D eigenvalue weighted by Crippen LogP contribution is -2.28. The molecule has 0 bridgehead atoms. The van der Waals surface area contributed by atoms with Gasteiger partial charge in [-0.15, -0.1) is 0 Å². The van der Waals surface area contributed by atoms with Gasteiger partial charge in [-0.3, -0.25) is 4.57 Å². The zero-order valence-electron chi connectivity index (χ0n) is 9.42. The Morgan fingerprint density at radius 1 is 1.21 bits per heavy atom.